The number of amides is 1. The van der Waals surface area contributed by atoms with Crippen LogP contribution in [0.4, 0.5) is 5.82 Å². The molecule has 0 spiro atoms. The van der Waals surface area contributed by atoms with Crippen molar-refractivity contribution in [2.45, 2.75) is 20.3 Å². The van der Waals surface area contributed by atoms with Crippen molar-refractivity contribution in [3.8, 4) is 11.3 Å². The van der Waals surface area contributed by atoms with E-state index < -0.39 is 5.91 Å². The van der Waals surface area contributed by atoms with E-state index in [0.29, 0.717) is 22.2 Å². The van der Waals surface area contributed by atoms with Crippen LogP contribution in [0.5, 0.6) is 0 Å². The molecule has 0 bridgehead atoms. The van der Waals surface area contributed by atoms with Gasteiger partial charge in [-0.15, -0.1) is 0 Å². The molecule has 3 rings (SSSR count). The maximum atomic E-state index is 11.9. The summed E-state index contributed by atoms with van der Waals surface area (Å²) in [7, 11) is 1.93. The molecule has 130 valence electrons. The maximum absolute atomic E-state index is 11.9. The Balaban J connectivity index is 2.35. The second-order valence-corrected chi connectivity index (χ2v) is 6.90. The SMILES string of the molecule is CC(C)Cc1c(C(N)=O)ccc2c(-c3ncnc(N)c3Cl)cn(C)c12. The molecule has 7 heteroatoms. The van der Waals surface area contributed by atoms with E-state index in [1.807, 2.05) is 23.9 Å². The molecule has 1 amide bonds. The normalized spacial score (nSPS) is 11.4. The molecule has 0 saturated carbocycles. The van der Waals surface area contributed by atoms with Crippen LogP contribution in [0.1, 0.15) is 29.8 Å². The number of nitrogens with two attached hydrogens (primary N) is 2. The molecule has 0 aliphatic rings. The Labute approximate surface area is 150 Å². The highest BCUT2D eigenvalue weighted by molar-refractivity contribution is 6.35. The fourth-order valence-electron chi connectivity index (χ4n) is 3.19. The number of aromatic nitrogens is 3. The van der Waals surface area contributed by atoms with Gasteiger partial charge in [-0.2, -0.15) is 0 Å². The summed E-state index contributed by atoms with van der Waals surface area (Å²) in [6, 6.07) is 3.65. The third-order valence-electron chi connectivity index (χ3n) is 4.20. The van der Waals surface area contributed by atoms with Gasteiger partial charge in [0.1, 0.15) is 17.2 Å². The molecule has 0 fully saturated rings. The van der Waals surface area contributed by atoms with Crippen LogP contribution < -0.4 is 11.5 Å². The molecule has 6 nitrogen and oxygen atoms in total. The summed E-state index contributed by atoms with van der Waals surface area (Å²) < 4.78 is 1.98. The van der Waals surface area contributed by atoms with Crippen molar-refractivity contribution in [3.05, 3.63) is 40.8 Å². The number of anilines is 1. The fraction of sp³-hybridized carbons (Fsp3) is 0.278. The number of hydrogen-bond donors (Lipinski definition) is 2. The van der Waals surface area contributed by atoms with E-state index in [1.165, 1.54) is 6.33 Å². The number of aryl methyl sites for hydroxylation is 1. The van der Waals surface area contributed by atoms with Gasteiger partial charge in [0.2, 0.25) is 5.91 Å². The minimum absolute atomic E-state index is 0.236. The summed E-state index contributed by atoms with van der Waals surface area (Å²) in [5, 5.41) is 1.27. The van der Waals surface area contributed by atoms with Crippen LogP contribution in [-0.4, -0.2) is 20.4 Å². The Morgan fingerprint density at radius 3 is 2.68 bits per heavy atom. The van der Waals surface area contributed by atoms with Crippen molar-refractivity contribution in [1.82, 2.24) is 14.5 Å². The van der Waals surface area contributed by atoms with Gasteiger partial charge in [-0.3, -0.25) is 4.79 Å². The quantitative estimate of drug-likeness (QED) is 0.748. The van der Waals surface area contributed by atoms with Gasteiger partial charge in [-0.05, 0) is 24.0 Å². The molecule has 3 aromatic rings. The zero-order chi connectivity index (χ0) is 18.3. The predicted molar refractivity (Wildman–Crippen MR) is 100 cm³/mol. The summed E-state index contributed by atoms with van der Waals surface area (Å²) in [5.41, 5.74) is 15.3. The third kappa shape index (κ3) is 2.93. The van der Waals surface area contributed by atoms with Gasteiger partial charge in [0, 0.05) is 29.8 Å². The lowest BCUT2D eigenvalue weighted by Gasteiger charge is -2.13. The predicted octanol–water partition coefficient (Wildman–Crippen LogP) is 3.17. The Bertz CT molecular complexity index is 977. The topological polar surface area (TPSA) is 99.8 Å². The van der Waals surface area contributed by atoms with Gasteiger partial charge >= 0.3 is 0 Å². The summed E-state index contributed by atoms with van der Waals surface area (Å²) in [5.74, 6) is 0.185. The number of hydrogen-bond acceptors (Lipinski definition) is 4. The number of nitrogen functional groups attached to an aromatic ring is 1. The number of nitrogens with zero attached hydrogens (tertiary/aromatic N) is 3. The smallest absolute Gasteiger partial charge is 0.249 e. The fourth-order valence-corrected chi connectivity index (χ4v) is 3.39. The highest BCUT2D eigenvalue weighted by Gasteiger charge is 2.20. The molecular weight excluding hydrogens is 338 g/mol. The molecule has 4 N–H and O–H groups in total. The van der Waals surface area contributed by atoms with E-state index in [9.17, 15) is 4.79 Å². The molecule has 0 atom stereocenters. The highest BCUT2D eigenvalue weighted by atomic mass is 35.5. The van der Waals surface area contributed by atoms with Gasteiger partial charge in [0.25, 0.3) is 0 Å². The molecule has 0 aliphatic heterocycles. The largest absolute Gasteiger partial charge is 0.382 e. The van der Waals surface area contributed by atoms with Gasteiger partial charge in [-0.1, -0.05) is 31.5 Å². The number of primary amides is 1. The van der Waals surface area contributed by atoms with Crippen molar-refractivity contribution in [1.29, 1.82) is 0 Å². The van der Waals surface area contributed by atoms with Crippen molar-refractivity contribution < 1.29 is 4.79 Å². The molecule has 2 aromatic heterocycles. The number of fused-ring (bicyclic) bond motifs is 1. The first-order chi connectivity index (χ1) is 11.8. The Morgan fingerprint density at radius 1 is 1.32 bits per heavy atom. The van der Waals surface area contributed by atoms with Gasteiger partial charge in [0.15, 0.2) is 0 Å². The molecule has 0 radical (unpaired) electrons. The monoisotopic (exact) mass is 357 g/mol. The van der Waals surface area contributed by atoms with Crippen LogP contribution in [0.2, 0.25) is 5.02 Å². The van der Waals surface area contributed by atoms with Crippen LogP contribution in [0.25, 0.3) is 22.2 Å². The standard InChI is InChI=1S/C18H20ClN5O/c1-9(2)6-12-11(18(21)25)5-4-10-13(7-24(3)16(10)12)15-14(19)17(20)23-8-22-15/h4-5,7-9H,6H2,1-3H3,(H2,21,25)(H2,20,22,23). The number of carbonyl (C=O) groups excluding carboxylic acids is 1. The number of carbonyl (C=O) groups is 1. The zero-order valence-electron chi connectivity index (χ0n) is 14.4. The van der Waals surface area contributed by atoms with E-state index in [1.54, 1.807) is 6.07 Å². The minimum atomic E-state index is -0.426. The lowest BCUT2D eigenvalue weighted by atomic mass is 9.94. The summed E-state index contributed by atoms with van der Waals surface area (Å²) >= 11 is 6.31. The number of rotatable bonds is 4. The Hall–Kier alpha value is -2.60. The molecular formula is C18H20ClN5O. The third-order valence-corrected chi connectivity index (χ3v) is 4.57. The van der Waals surface area contributed by atoms with E-state index in [0.717, 1.165) is 28.5 Å². The maximum Gasteiger partial charge on any atom is 0.249 e. The number of benzene rings is 1. The lowest BCUT2D eigenvalue weighted by molar-refractivity contribution is 0.0999. The summed E-state index contributed by atoms with van der Waals surface area (Å²) in [6.45, 7) is 4.21. The average Bonchev–Trinajstić information content (AvgIpc) is 2.87. The van der Waals surface area contributed by atoms with Crippen LogP contribution in [0.3, 0.4) is 0 Å². The number of halogens is 1. The van der Waals surface area contributed by atoms with Gasteiger partial charge in [0.05, 0.1) is 11.2 Å². The second kappa shape index (κ2) is 6.37. The van der Waals surface area contributed by atoms with Crippen molar-refractivity contribution >= 4 is 34.2 Å². The average molecular weight is 358 g/mol. The first-order valence-electron chi connectivity index (χ1n) is 7.98. The van der Waals surface area contributed by atoms with E-state index in [-0.39, 0.29) is 5.82 Å². The Morgan fingerprint density at radius 2 is 2.04 bits per heavy atom. The van der Waals surface area contributed by atoms with Crippen molar-refractivity contribution in [2.75, 3.05) is 5.73 Å². The molecule has 2 heterocycles. The lowest BCUT2D eigenvalue weighted by Crippen LogP contribution is -2.15. The van der Waals surface area contributed by atoms with Crippen molar-refractivity contribution in [3.63, 3.8) is 0 Å². The first-order valence-corrected chi connectivity index (χ1v) is 8.36. The molecule has 0 saturated heterocycles. The summed E-state index contributed by atoms with van der Waals surface area (Å²) in [6.07, 6.45) is 4.07. The van der Waals surface area contributed by atoms with Crippen molar-refractivity contribution in [2.24, 2.45) is 18.7 Å². The Kier molecular flexibility index (Phi) is 4.39. The van der Waals surface area contributed by atoms with Crippen LogP contribution in [0.15, 0.2) is 24.7 Å². The summed E-state index contributed by atoms with van der Waals surface area (Å²) in [4.78, 5) is 20.1. The molecule has 1 aromatic carbocycles. The van der Waals surface area contributed by atoms with E-state index >= 15 is 0 Å². The van der Waals surface area contributed by atoms with E-state index in [2.05, 4.69) is 23.8 Å². The molecule has 0 aliphatic carbocycles. The molecule has 0 unspecified atom stereocenters. The van der Waals surface area contributed by atoms with Gasteiger partial charge in [-0.25, -0.2) is 9.97 Å². The highest BCUT2D eigenvalue weighted by Crippen LogP contribution is 2.37. The minimum Gasteiger partial charge on any atom is -0.382 e. The van der Waals surface area contributed by atoms with E-state index in [4.69, 9.17) is 23.1 Å². The first kappa shape index (κ1) is 17.2. The van der Waals surface area contributed by atoms with Crippen LogP contribution in [0, 0.1) is 5.92 Å². The zero-order valence-corrected chi connectivity index (χ0v) is 15.1. The second-order valence-electron chi connectivity index (χ2n) is 6.53. The van der Waals surface area contributed by atoms with Gasteiger partial charge < -0.3 is 16.0 Å². The van der Waals surface area contributed by atoms with Crippen LogP contribution >= 0.6 is 11.6 Å². The van der Waals surface area contributed by atoms with Crippen LogP contribution in [-0.2, 0) is 13.5 Å². The molecule has 25 heavy (non-hydrogen) atoms.